The van der Waals surface area contributed by atoms with Crippen LogP contribution in [-0.4, -0.2) is 37.1 Å². The molecule has 2 heterocycles. The first-order valence-corrected chi connectivity index (χ1v) is 9.31. The molecule has 2 aromatic rings. The molecule has 25 heavy (non-hydrogen) atoms. The molecule has 1 saturated heterocycles. The van der Waals surface area contributed by atoms with E-state index in [0.29, 0.717) is 6.54 Å². The van der Waals surface area contributed by atoms with E-state index in [-0.39, 0.29) is 18.4 Å². The van der Waals surface area contributed by atoms with E-state index in [0.717, 1.165) is 40.8 Å². The highest BCUT2D eigenvalue weighted by molar-refractivity contribution is 7.99. The lowest BCUT2D eigenvalue weighted by molar-refractivity contribution is 0.245. The van der Waals surface area contributed by atoms with Crippen LogP contribution in [0.4, 0.5) is 16.2 Å². The highest BCUT2D eigenvalue weighted by Gasteiger charge is 2.27. The molecule has 4 nitrogen and oxygen atoms in total. The van der Waals surface area contributed by atoms with Crippen molar-refractivity contribution in [1.29, 1.82) is 0 Å². The number of likely N-dealkylation sites (tertiary alicyclic amines) is 1. The summed E-state index contributed by atoms with van der Waals surface area (Å²) in [7, 11) is 0. The highest BCUT2D eigenvalue weighted by Crippen LogP contribution is 2.47. The van der Waals surface area contributed by atoms with Crippen molar-refractivity contribution in [1.82, 2.24) is 10.2 Å². The fraction of sp³-hybridized carbons (Fsp3) is 0.316. The van der Waals surface area contributed by atoms with Crippen molar-refractivity contribution >= 4 is 41.6 Å². The molecule has 132 valence electrons. The molecule has 0 saturated carbocycles. The van der Waals surface area contributed by atoms with E-state index in [9.17, 15) is 4.79 Å². The summed E-state index contributed by atoms with van der Waals surface area (Å²) in [5.41, 5.74) is 1.92. The molecule has 2 aliphatic rings. The Kier molecular flexibility index (Phi) is 5.89. The maximum atomic E-state index is 12.9. The summed E-state index contributed by atoms with van der Waals surface area (Å²) in [5.74, 6) is 0. The Bertz CT molecular complexity index is 703. The number of fused-ring (bicyclic) bond motifs is 2. The van der Waals surface area contributed by atoms with Gasteiger partial charge >= 0.3 is 6.03 Å². The van der Waals surface area contributed by atoms with Gasteiger partial charge in [0, 0.05) is 22.9 Å². The van der Waals surface area contributed by atoms with Crippen LogP contribution in [0.5, 0.6) is 0 Å². The average molecular weight is 376 g/mol. The molecule has 2 aromatic carbocycles. The third-order valence-electron chi connectivity index (χ3n) is 4.54. The van der Waals surface area contributed by atoms with E-state index in [4.69, 9.17) is 0 Å². The maximum Gasteiger partial charge on any atom is 0.326 e. The standard InChI is InChI=1S/C19H21N3OS.ClH/c23-19(20-11-14-21-12-5-6-13-21)22-15-7-1-3-9-17(15)24-18-10-4-2-8-16(18)22;/h1-4,7-10H,5-6,11-14H2,(H,20,23);1H. The Hall–Kier alpha value is -1.69. The predicted octanol–water partition coefficient (Wildman–Crippen LogP) is 4.52. The van der Waals surface area contributed by atoms with Gasteiger partial charge in [-0.15, -0.1) is 12.4 Å². The molecule has 0 spiro atoms. The van der Waals surface area contributed by atoms with Gasteiger partial charge in [-0.25, -0.2) is 4.79 Å². The Morgan fingerprint density at radius 1 is 0.960 bits per heavy atom. The molecule has 0 bridgehead atoms. The number of rotatable bonds is 3. The molecule has 2 amide bonds. The van der Waals surface area contributed by atoms with E-state index < -0.39 is 0 Å². The van der Waals surface area contributed by atoms with Crippen LogP contribution in [0.3, 0.4) is 0 Å². The Labute approximate surface area is 159 Å². The van der Waals surface area contributed by atoms with Crippen LogP contribution >= 0.6 is 24.2 Å². The van der Waals surface area contributed by atoms with Crippen LogP contribution in [0.25, 0.3) is 0 Å². The van der Waals surface area contributed by atoms with E-state index in [1.807, 2.05) is 41.3 Å². The molecular weight excluding hydrogens is 354 g/mol. The zero-order valence-corrected chi connectivity index (χ0v) is 15.6. The molecule has 1 N–H and O–H groups in total. The van der Waals surface area contributed by atoms with Gasteiger partial charge in [0.05, 0.1) is 11.4 Å². The van der Waals surface area contributed by atoms with E-state index in [1.165, 1.54) is 12.8 Å². The van der Waals surface area contributed by atoms with Gasteiger partial charge in [-0.1, -0.05) is 36.0 Å². The second-order valence-corrected chi connectivity index (χ2v) is 7.24. The predicted molar refractivity (Wildman–Crippen MR) is 105 cm³/mol. The normalized spacial score (nSPS) is 15.9. The lowest BCUT2D eigenvalue weighted by atomic mass is 10.2. The summed E-state index contributed by atoms with van der Waals surface area (Å²) in [6.07, 6.45) is 2.55. The van der Waals surface area contributed by atoms with Gasteiger partial charge in [0.25, 0.3) is 0 Å². The van der Waals surface area contributed by atoms with Crippen LogP contribution in [0.1, 0.15) is 12.8 Å². The highest BCUT2D eigenvalue weighted by atomic mass is 35.5. The number of anilines is 2. The number of nitrogens with one attached hydrogen (secondary N) is 1. The fourth-order valence-electron chi connectivity index (χ4n) is 3.33. The fourth-order valence-corrected chi connectivity index (χ4v) is 4.39. The third kappa shape index (κ3) is 3.78. The van der Waals surface area contributed by atoms with Gasteiger partial charge in [0.2, 0.25) is 0 Å². The van der Waals surface area contributed by atoms with Crippen molar-refractivity contribution in [2.45, 2.75) is 22.6 Å². The first kappa shape index (κ1) is 18.1. The van der Waals surface area contributed by atoms with Crippen LogP contribution in [0.15, 0.2) is 58.3 Å². The molecule has 2 aliphatic heterocycles. The van der Waals surface area contributed by atoms with Gasteiger partial charge in [-0.05, 0) is 50.2 Å². The minimum atomic E-state index is -0.0469. The largest absolute Gasteiger partial charge is 0.336 e. The third-order valence-corrected chi connectivity index (χ3v) is 5.67. The van der Waals surface area contributed by atoms with Gasteiger partial charge < -0.3 is 10.2 Å². The van der Waals surface area contributed by atoms with Crippen LogP contribution in [0, 0.1) is 0 Å². The summed E-state index contributed by atoms with van der Waals surface area (Å²) in [4.78, 5) is 19.3. The van der Waals surface area contributed by atoms with Crippen molar-refractivity contribution in [3.05, 3.63) is 48.5 Å². The zero-order chi connectivity index (χ0) is 16.4. The number of benzene rings is 2. The molecular formula is C19H22ClN3OS. The van der Waals surface area contributed by atoms with Crippen LogP contribution in [0.2, 0.25) is 0 Å². The van der Waals surface area contributed by atoms with Gasteiger partial charge in [0.1, 0.15) is 0 Å². The topological polar surface area (TPSA) is 35.6 Å². The summed E-state index contributed by atoms with van der Waals surface area (Å²) in [5, 5.41) is 3.10. The van der Waals surface area contributed by atoms with Gasteiger partial charge in [0.15, 0.2) is 0 Å². The number of carbonyl (C=O) groups is 1. The number of halogens is 1. The maximum absolute atomic E-state index is 12.9. The molecule has 1 fully saturated rings. The SMILES string of the molecule is Cl.O=C(NCCN1CCCC1)N1c2ccccc2Sc2ccccc21. The molecule has 0 aromatic heterocycles. The van der Waals surface area contributed by atoms with E-state index in [1.54, 1.807) is 11.8 Å². The minimum Gasteiger partial charge on any atom is -0.336 e. The Morgan fingerprint density at radius 2 is 1.52 bits per heavy atom. The first-order chi connectivity index (χ1) is 11.8. The smallest absolute Gasteiger partial charge is 0.326 e. The molecule has 0 atom stereocenters. The van der Waals surface area contributed by atoms with E-state index in [2.05, 4.69) is 22.3 Å². The quantitative estimate of drug-likeness (QED) is 0.856. The van der Waals surface area contributed by atoms with Crippen LogP contribution in [-0.2, 0) is 0 Å². The van der Waals surface area contributed by atoms with Crippen LogP contribution < -0.4 is 10.2 Å². The number of hydrogen-bond donors (Lipinski definition) is 1. The number of hydrogen-bond acceptors (Lipinski definition) is 3. The van der Waals surface area contributed by atoms with Crippen molar-refractivity contribution in [3.8, 4) is 0 Å². The zero-order valence-electron chi connectivity index (χ0n) is 14.0. The number of nitrogens with zero attached hydrogens (tertiary/aromatic N) is 2. The summed E-state index contributed by atoms with van der Waals surface area (Å²) < 4.78 is 0. The lowest BCUT2D eigenvalue weighted by Gasteiger charge is -2.31. The molecule has 0 aliphatic carbocycles. The number of carbonyl (C=O) groups excluding carboxylic acids is 1. The number of urea groups is 1. The molecule has 6 heteroatoms. The van der Waals surface area contributed by atoms with Crippen molar-refractivity contribution < 1.29 is 4.79 Å². The summed E-state index contributed by atoms with van der Waals surface area (Å²) >= 11 is 1.72. The van der Waals surface area contributed by atoms with Gasteiger partial charge in [-0.3, -0.25) is 4.90 Å². The van der Waals surface area contributed by atoms with Crippen molar-refractivity contribution in [3.63, 3.8) is 0 Å². The molecule has 4 rings (SSSR count). The van der Waals surface area contributed by atoms with E-state index >= 15 is 0 Å². The summed E-state index contributed by atoms with van der Waals surface area (Å²) in [6.45, 7) is 3.92. The van der Waals surface area contributed by atoms with Gasteiger partial charge in [-0.2, -0.15) is 0 Å². The summed E-state index contributed by atoms with van der Waals surface area (Å²) in [6, 6.07) is 16.1. The minimum absolute atomic E-state index is 0. The first-order valence-electron chi connectivity index (χ1n) is 8.49. The second kappa shape index (κ2) is 8.13. The Morgan fingerprint density at radius 3 is 2.12 bits per heavy atom. The average Bonchev–Trinajstić information content (AvgIpc) is 3.13. The molecule has 0 radical (unpaired) electrons. The monoisotopic (exact) mass is 375 g/mol. The lowest BCUT2D eigenvalue weighted by Crippen LogP contribution is -2.41. The second-order valence-electron chi connectivity index (χ2n) is 6.15. The van der Waals surface area contributed by atoms with Crippen molar-refractivity contribution in [2.24, 2.45) is 0 Å². The Balaban J connectivity index is 0.00000182. The number of para-hydroxylation sites is 2. The molecule has 0 unspecified atom stereocenters. The number of amides is 2. The van der Waals surface area contributed by atoms with Crippen molar-refractivity contribution in [2.75, 3.05) is 31.1 Å².